The molecule has 0 atom stereocenters. The number of carbonyl (C=O) groups is 1. The Labute approximate surface area is 131 Å². The van der Waals surface area contributed by atoms with Crippen molar-refractivity contribution in [2.45, 2.75) is 13.5 Å². The van der Waals surface area contributed by atoms with Gasteiger partial charge in [0, 0.05) is 24.2 Å². The maximum atomic E-state index is 13.9. The van der Waals surface area contributed by atoms with Crippen LogP contribution in [-0.4, -0.2) is 27.4 Å². The normalized spacial score (nSPS) is 10.7. The van der Waals surface area contributed by atoms with Gasteiger partial charge in [-0.3, -0.25) is 4.40 Å². The van der Waals surface area contributed by atoms with Crippen LogP contribution in [0.25, 0.3) is 5.78 Å². The Morgan fingerprint density at radius 1 is 1.39 bits per heavy atom. The summed E-state index contributed by atoms with van der Waals surface area (Å²) in [5.74, 6) is -0.321. The van der Waals surface area contributed by atoms with Crippen molar-refractivity contribution in [3.05, 3.63) is 59.4 Å². The van der Waals surface area contributed by atoms with E-state index >= 15 is 0 Å². The highest BCUT2D eigenvalue weighted by Gasteiger charge is 2.14. The van der Waals surface area contributed by atoms with E-state index in [1.165, 1.54) is 13.2 Å². The van der Waals surface area contributed by atoms with Crippen LogP contribution in [0.3, 0.4) is 0 Å². The fraction of sp³-hybridized carbons (Fsp3) is 0.188. The Morgan fingerprint density at radius 3 is 2.96 bits per heavy atom. The SMILES string of the molecule is COC(=O)c1cc(F)c(C)c(OCc2cn3cccnc3n2)c1. The summed E-state index contributed by atoms with van der Waals surface area (Å²) in [5, 5.41) is 0. The summed E-state index contributed by atoms with van der Waals surface area (Å²) >= 11 is 0. The summed E-state index contributed by atoms with van der Waals surface area (Å²) in [6.07, 6.45) is 5.24. The molecule has 1 aromatic carbocycles. The molecule has 0 aliphatic heterocycles. The molecular formula is C16H14FN3O3. The molecule has 0 aliphatic rings. The van der Waals surface area contributed by atoms with Gasteiger partial charge in [-0.25, -0.2) is 19.2 Å². The molecule has 0 unspecified atom stereocenters. The molecule has 0 saturated heterocycles. The molecule has 118 valence electrons. The van der Waals surface area contributed by atoms with Crippen molar-refractivity contribution in [2.24, 2.45) is 0 Å². The van der Waals surface area contributed by atoms with Crippen LogP contribution in [0.15, 0.2) is 36.8 Å². The molecule has 7 heteroatoms. The van der Waals surface area contributed by atoms with Gasteiger partial charge in [-0.2, -0.15) is 0 Å². The Hall–Kier alpha value is -2.96. The summed E-state index contributed by atoms with van der Waals surface area (Å²) in [5.41, 5.74) is 1.06. The van der Waals surface area contributed by atoms with E-state index in [2.05, 4.69) is 14.7 Å². The molecule has 0 aliphatic carbocycles. The van der Waals surface area contributed by atoms with Gasteiger partial charge >= 0.3 is 5.97 Å². The van der Waals surface area contributed by atoms with Gasteiger partial charge in [-0.05, 0) is 25.1 Å². The minimum absolute atomic E-state index is 0.0993. The van der Waals surface area contributed by atoms with Crippen molar-refractivity contribution < 1.29 is 18.7 Å². The van der Waals surface area contributed by atoms with Gasteiger partial charge in [0.15, 0.2) is 0 Å². The minimum atomic E-state index is -0.620. The van der Waals surface area contributed by atoms with E-state index in [4.69, 9.17) is 4.74 Å². The molecular weight excluding hydrogens is 301 g/mol. The van der Waals surface area contributed by atoms with Gasteiger partial charge in [0.1, 0.15) is 18.2 Å². The highest BCUT2D eigenvalue weighted by molar-refractivity contribution is 5.90. The van der Waals surface area contributed by atoms with Crippen molar-refractivity contribution in [2.75, 3.05) is 7.11 Å². The number of rotatable bonds is 4. The first kappa shape index (κ1) is 15.0. The average molecular weight is 315 g/mol. The van der Waals surface area contributed by atoms with Gasteiger partial charge in [0.25, 0.3) is 0 Å². The molecule has 0 bridgehead atoms. The van der Waals surface area contributed by atoms with Crippen LogP contribution in [-0.2, 0) is 11.3 Å². The standard InChI is InChI=1S/C16H14FN3O3/c1-10-13(17)6-11(15(21)22-2)7-14(10)23-9-12-8-20-5-3-4-18-16(20)19-12/h3-8H,9H2,1-2H3. The second-order valence-corrected chi connectivity index (χ2v) is 4.92. The quantitative estimate of drug-likeness (QED) is 0.692. The topological polar surface area (TPSA) is 65.7 Å². The highest BCUT2D eigenvalue weighted by Crippen LogP contribution is 2.24. The Bertz CT molecular complexity index is 843. The zero-order chi connectivity index (χ0) is 16.4. The molecule has 23 heavy (non-hydrogen) atoms. The highest BCUT2D eigenvalue weighted by atomic mass is 19.1. The zero-order valence-electron chi connectivity index (χ0n) is 12.6. The van der Waals surface area contributed by atoms with E-state index in [1.807, 2.05) is 6.20 Å². The van der Waals surface area contributed by atoms with Crippen molar-refractivity contribution in [3.8, 4) is 5.75 Å². The number of hydrogen-bond donors (Lipinski definition) is 0. The van der Waals surface area contributed by atoms with E-state index in [-0.39, 0.29) is 17.9 Å². The van der Waals surface area contributed by atoms with Crippen molar-refractivity contribution >= 4 is 11.7 Å². The van der Waals surface area contributed by atoms with E-state index in [0.717, 1.165) is 6.07 Å². The van der Waals surface area contributed by atoms with Crippen molar-refractivity contribution in [1.82, 2.24) is 14.4 Å². The molecule has 3 rings (SSSR count). The first-order chi connectivity index (χ1) is 11.1. The minimum Gasteiger partial charge on any atom is -0.487 e. The molecule has 0 N–H and O–H groups in total. The monoisotopic (exact) mass is 315 g/mol. The molecule has 6 nitrogen and oxygen atoms in total. The van der Waals surface area contributed by atoms with E-state index < -0.39 is 11.8 Å². The fourth-order valence-electron chi connectivity index (χ4n) is 2.14. The third kappa shape index (κ3) is 2.98. The third-order valence-corrected chi connectivity index (χ3v) is 3.38. The van der Waals surface area contributed by atoms with Crippen LogP contribution in [0.2, 0.25) is 0 Å². The largest absolute Gasteiger partial charge is 0.487 e. The Kier molecular flexibility index (Phi) is 3.92. The number of esters is 1. The lowest BCUT2D eigenvalue weighted by molar-refractivity contribution is 0.0599. The molecule has 0 radical (unpaired) electrons. The van der Waals surface area contributed by atoms with E-state index in [0.29, 0.717) is 17.0 Å². The maximum absolute atomic E-state index is 13.9. The number of imidazole rings is 1. The number of ether oxygens (including phenoxy) is 2. The van der Waals surface area contributed by atoms with Crippen LogP contribution in [0.5, 0.6) is 5.75 Å². The first-order valence-electron chi connectivity index (χ1n) is 6.88. The summed E-state index contributed by atoms with van der Waals surface area (Å²) in [6, 6.07) is 4.37. The number of halogens is 1. The lowest BCUT2D eigenvalue weighted by Gasteiger charge is -2.10. The van der Waals surface area contributed by atoms with Crippen LogP contribution in [0, 0.1) is 12.7 Å². The lowest BCUT2D eigenvalue weighted by Crippen LogP contribution is -2.05. The smallest absolute Gasteiger partial charge is 0.338 e. The zero-order valence-corrected chi connectivity index (χ0v) is 12.6. The Balaban J connectivity index is 1.84. The molecule has 0 amide bonds. The van der Waals surface area contributed by atoms with Crippen molar-refractivity contribution in [1.29, 1.82) is 0 Å². The molecule has 0 saturated carbocycles. The first-order valence-corrected chi connectivity index (χ1v) is 6.88. The molecule has 0 fully saturated rings. The molecule has 2 heterocycles. The van der Waals surface area contributed by atoms with Crippen LogP contribution < -0.4 is 4.74 Å². The van der Waals surface area contributed by atoms with Crippen molar-refractivity contribution in [3.63, 3.8) is 0 Å². The van der Waals surface area contributed by atoms with Gasteiger partial charge in [-0.15, -0.1) is 0 Å². The number of carbonyl (C=O) groups excluding carboxylic acids is 1. The predicted octanol–water partition coefficient (Wildman–Crippen LogP) is 2.54. The van der Waals surface area contributed by atoms with Crippen LogP contribution in [0.1, 0.15) is 21.6 Å². The van der Waals surface area contributed by atoms with Gasteiger partial charge in [-0.1, -0.05) is 0 Å². The lowest BCUT2D eigenvalue weighted by atomic mass is 10.1. The third-order valence-electron chi connectivity index (χ3n) is 3.38. The number of hydrogen-bond acceptors (Lipinski definition) is 5. The number of methoxy groups -OCH3 is 1. The summed E-state index contributed by atoms with van der Waals surface area (Å²) < 4.78 is 25.9. The second-order valence-electron chi connectivity index (χ2n) is 4.92. The van der Waals surface area contributed by atoms with E-state index in [9.17, 15) is 9.18 Å². The average Bonchev–Trinajstić information content (AvgIpc) is 2.98. The van der Waals surface area contributed by atoms with Crippen LogP contribution >= 0.6 is 0 Å². The Morgan fingerprint density at radius 2 is 2.22 bits per heavy atom. The van der Waals surface area contributed by atoms with Gasteiger partial charge in [0.05, 0.1) is 18.4 Å². The molecule has 0 spiro atoms. The maximum Gasteiger partial charge on any atom is 0.338 e. The number of aromatic nitrogens is 3. The van der Waals surface area contributed by atoms with E-state index in [1.54, 1.807) is 29.8 Å². The molecule has 3 aromatic rings. The summed E-state index contributed by atoms with van der Waals surface area (Å²) in [4.78, 5) is 20.0. The summed E-state index contributed by atoms with van der Waals surface area (Å²) in [7, 11) is 1.24. The molecule has 2 aromatic heterocycles. The summed E-state index contributed by atoms with van der Waals surface area (Å²) in [6.45, 7) is 1.71. The number of benzene rings is 1. The van der Waals surface area contributed by atoms with Crippen LogP contribution in [0.4, 0.5) is 4.39 Å². The van der Waals surface area contributed by atoms with Gasteiger partial charge < -0.3 is 9.47 Å². The second kappa shape index (κ2) is 6.04. The number of fused-ring (bicyclic) bond motifs is 1. The number of nitrogens with zero attached hydrogens (tertiary/aromatic N) is 3. The van der Waals surface area contributed by atoms with Gasteiger partial charge in [0.2, 0.25) is 5.78 Å². The predicted molar refractivity (Wildman–Crippen MR) is 79.8 cm³/mol. The fourth-order valence-corrected chi connectivity index (χ4v) is 2.14.